The standard InChI is InChI=1S/C11H12F3N3O/c1-10(2)6(5-15)8(10)9-16-7(17-18-9)3-4-11(12,13)14/h6,8H,3-4H2,1-2H3. The van der Waals surface area contributed by atoms with Gasteiger partial charge in [0, 0.05) is 6.42 Å². The zero-order valence-corrected chi connectivity index (χ0v) is 9.95. The molecule has 0 aromatic carbocycles. The number of hydrogen-bond acceptors (Lipinski definition) is 4. The Morgan fingerprint density at radius 2 is 2.11 bits per heavy atom. The van der Waals surface area contributed by atoms with Crippen molar-refractivity contribution in [2.45, 2.75) is 38.8 Å². The van der Waals surface area contributed by atoms with Crippen LogP contribution in [0.3, 0.4) is 0 Å². The lowest BCUT2D eigenvalue weighted by atomic mass is 10.1. The molecule has 0 saturated heterocycles. The first-order chi connectivity index (χ1) is 8.25. The van der Waals surface area contributed by atoms with Gasteiger partial charge >= 0.3 is 6.18 Å². The molecule has 2 rings (SSSR count). The predicted molar refractivity (Wildman–Crippen MR) is 54.3 cm³/mol. The van der Waals surface area contributed by atoms with E-state index in [1.165, 1.54) is 0 Å². The van der Waals surface area contributed by atoms with Gasteiger partial charge in [0.05, 0.1) is 24.3 Å². The van der Waals surface area contributed by atoms with Crippen molar-refractivity contribution in [3.05, 3.63) is 11.7 Å². The molecule has 1 heterocycles. The highest BCUT2D eigenvalue weighted by Gasteiger charge is 2.62. The summed E-state index contributed by atoms with van der Waals surface area (Å²) in [7, 11) is 0. The van der Waals surface area contributed by atoms with Crippen LogP contribution in [0.15, 0.2) is 4.52 Å². The Morgan fingerprint density at radius 1 is 1.44 bits per heavy atom. The molecule has 0 bridgehead atoms. The minimum atomic E-state index is -4.23. The second kappa shape index (κ2) is 3.97. The molecule has 18 heavy (non-hydrogen) atoms. The molecule has 98 valence electrons. The first-order valence-electron chi connectivity index (χ1n) is 5.54. The maximum atomic E-state index is 12.0. The fourth-order valence-electron chi connectivity index (χ4n) is 2.09. The van der Waals surface area contributed by atoms with Crippen LogP contribution in [0.5, 0.6) is 0 Å². The molecule has 4 nitrogen and oxygen atoms in total. The summed E-state index contributed by atoms with van der Waals surface area (Å²) < 4.78 is 41.0. The number of alkyl halides is 3. The van der Waals surface area contributed by atoms with E-state index < -0.39 is 12.6 Å². The van der Waals surface area contributed by atoms with Gasteiger partial charge in [0.2, 0.25) is 5.89 Å². The molecule has 0 spiro atoms. The Bertz CT molecular complexity index is 486. The molecule has 1 aromatic rings. The Hall–Kier alpha value is -1.58. The second-order valence-electron chi connectivity index (χ2n) is 5.07. The quantitative estimate of drug-likeness (QED) is 0.837. The molecule has 7 heteroatoms. The van der Waals surface area contributed by atoms with Gasteiger partial charge in [-0.1, -0.05) is 19.0 Å². The normalized spacial score (nSPS) is 25.8. The van der Waals surface area contributed by atoms with Gasteiger partial charge in [-0.25, -0.2) is 0 Å². The van der Waals surface area contributed by atoms with Crippen LogP contribution in [-0.4, -0.2) is 16.3 Å². The molecule has 0 radical (unpaired) electrons. The van der Waals surface area contributed by atoms with Crippen LogP contribution in [0, 0.1) is 22.7 Å². The van der Waals surface area contributed by atoms with Crippen LogP contribution in [0.4, 0.5) is 13.2 Å². The zero-order valence-electron chi connectivity index (χ0n) is 9.95. The highest BCUT2D eigenvalue weighted by atomic mass is 19.4. The molecule has 0 aliphatic heterocycles. The van der Waals surface area contributed by atoms with Crippen molar-refractivity contribution < 1.29 is 17.7 Å². The van der Waals surface area contributed by atoms with Crippen LogP contribution >= 0.6 is 0 Å². The van der Waals surface area contributed by atoms with Crippen molar-refractivity contribution >= 4 is 0 Å². The van der Waals surface area contributed by atoms with Gasteiger partial charge in [-0.15, -0.1) is 0 Å². The van der Waals surface area contributed by atoms with Crippen molar-refractivity contribution in [1.29, 1.82) is 5.26 Å². The number of nitriles is 1. The SMILES string of the molecule is CC1(C)C(C#N)C1c1nc(CCC(F)(F)F)no1. The molecular formula is C11H12F3N3O. The number of aryl methyl sites for hydroxylation is 1. The van der Waals surface area contributed by atoms with Crippen LogP contribution in [-0.2, 0) is 6.42 Å². The molecule has 1 fully saturated rings. The Balaban J connectivity index is 2.02. The number of rotatable bonds is 3. The molecule has 0 amide bonds. The average Bonchev–Trinajstić information content (AvgIpc) is 2.60. The van der Waals surface area contributed by atoms with Crippen LogP contribution in [0.1, 0.15) is 37.9 Å². The lowest BCUT2D eigenvalue weighted by molar-refractivity contribution is -0.134. The minimum Gasteiger partial charge on any atom is -0.339 e. The Labute approximate surface area is 102 Å². The largest absolute Gasteiger partial charge is 0.389 e. The Morgan fingerprint density at radius 3 is 2.61 bits per heavy atom. The second-order valence-corrected chi connectivity index (χ2v) is 5.07. The van der Waals surface area contributed by atoms with E-state index >= 15 is 0 Å². The lowest BCUT2D eigenvalue weighted by Crippen LogP contribution is -2.09. The molecule has 1 saturated carbocycles. The summed E-state index contributed by atoms with van der Waals surface area (Å²) in [5.74, 6) is -0.0755. The third-order valence-electron chi connectivity index (χ3n) is 3.35. The third-order valence-corrected chi connectivity index (χ3v) is 3.35. The van der Waals surface area contributed by atoms with Crippen LogP contribution < -0.4 is 0 Å². The van der Waals surface area contributed by atoms with Gasteiger partial charge < -0.3 is 4.52 Å². The monoisotopic (exact) mass is 259 g/mol. The zero-order chi connectivity index (χ0) is 13.6. The summed E-state index contributed by atoms with van der Waals surface area (Å²) in [4.78, 5) is 3.94. The smallest absolute Gasteiger partial charge is 0.339 e. The van der Waals surface area contributed by atoms with E-state index in [1.807, 2.05) is 13.8 Å². The summed E-state index contributed by atoms with van der Waals surface area (Å²) in [6, 6.07) is 2.14. The highest BCUT2D eigenvalue weighted by molar-refractivity contribution is 5.26. The topological polar surface area (TPSA) is 62.7 Å². The van der Waals surface area contributed by atoms with Crippen molar-refractivity contribution in [2.75, 3.05) is 0 Å². The molecule has 1 aromatic heterocycles. The molecule has 1 aliphatic carbocycles. The van der Waals surface area contributed by atoms with Gasteiger partial charge in [0.1, 0.15) is 0 Å². The van der Waals surface area contributed by atoms with E-state index in [1.54, 1.807) is 0 Å². The molecule has 2 unspecified atom stereocenters. The average molecular weight is 259 g/mol. The summed E-state index contributed by atoms with van der Waals surface area (Å²) in [6.07, 6.45) is -5.49. The van der Waals surface area contributed by atoms with E-state index in [9.17, 15) is 13.2 Å². The summed E-state index contributed by atoms with van der Waals surface area (Å²) in [5.41, 5.74) is -0.247. The lowest BCUT2D eigenvalue weighted by Gasteiger charge is -2.01. The maximum absolute atomic E-state index is 12.0. The first-order valence-corrected chi connectivity index (χ1v) is 5.54. The van der Waals surface area contributed by atoms with Crippen molar-refractivity contribution in [3.63, 3.8) is 0 Å². The highest BCUT2D eigenvalue weighted by Crippen LogP contribution is 2.63. The number of halogens is 3. The molecule has 0 N–H and O–H groups in total. The first kappa shape index (κ1) is 12.9. The van der Waals surface area contributed by atoms with Gasteiger partial charge in [0.15, 0.2) is 5.82 Å². The van der Waals surface area contributed by atoms with Crippen LogP contribution in [0.2, 0.25) is 0 Å². The Kier molecular flexibility index (Phi) is 2.84. The maximum Gasteiger partial charge on any atom is 0.389 e. The van der Waals surface area contributed by atoms with Crippen LogP contribution in [0.25, 0.3) is 0 Å². The van der Waals surface area contributed by atoms with Crippen molar-refractivity contribution in [1.82, 2.24) is 10.1 Å². The van der Waals surface area contributed by atoms with Crippen molar-refractivity contribution in [2.24, 2.45) is 11.3 Å². The van der Waals surface area contributed by atoms with E-state index in [2.05, 4.69) is 16.2 Å². The van der Waals surface area contributed by atoms with E-state index in [-0.39, 0.29) is 35.4 Å². The van der Waals surface area contributed by atoms with E-state index in [4.69, 9.17) is 9.78 Å². The third kappa shape index (κ3) is 2.33. The van der Waals surface area contributed by atoms with Gasteiger partial charge in [-0.2, -0.15) is 23.4 Å². The summed E-state index contributed by atoms with van der Waals surface area (Å²) in [5, 5.41) is 12.4. The van der Waals surface area contributed by atoms with E-state index in [0.717, 1.165) is 0 Å². The minimum absolute atomic E-state index is 0.0433. The fraction of sp³-hybridized carbons (Fsp3) is 0.727. The number of nitrogens with zero attached hydrogens (tertiary/aromatic N) is 3. The fourth-order valence-corrected chi connectivity index (χ4v) is 2.09. The summed E-state index contributed by atoms with van der Waals surface area (Å²) >= 11 is 0. The predicted octanol–water partition coefficient (Wildman–Crippen LogP) is 2.83. The summed E-state index contributed by atoms with van der Waals surface area (Å²) in [6.45, 7) is 3.79. The molecular weight excluding hydrogens is 247 g/mol. The van der Waals surface area contributed by atoms with Crippen molar-refractivity contribution in [3.8, 4) is 6.07 Å². The van der Waals surface area contributed by atoms with Gasteiger partial charge in [-0.3, -0.25) is 0 Å². The molecule has 1 aliphatic rings. The van der Waals surface area contributed by atoms with Gasteiger partial charge in [-0.05, 0) is 5.41 Å². The van der Waals surface area contributed by atoms with Gasteiger partial charge in [0.25, 0.3) is 0 Å². The van der Waals surface area contributed by atoms with E-state index in [0.29, 0.717) is 0 Å². The molecule has 2 atom stereocenters. The number of aromatic nitrogens is 2. The number of hydrogen-bond donors (Lipinski definition) is 0.